The average Bonchev–Trinajstić information content (AvgIpc) is 2.33. The Morgan fingerprint density at radius 3 is 2.83 bits per heavy atom. The highest BCUT2D eigenvalue weighted by atomic mass is 79.9. The van der Waals surface area contributed by atoms with Crippen LogP contribution in [0.4, 0.5) is 5.82 Å². The van der Waals surface area contributed by atoms with Gasteiger partial charge in [-0.15, -0.1) is 0 Å². The zero-order chi connectivity index (χ0) is 8.72. The van der Waals surface area contributed by atoms with E-state index in [0.717, 1.165) is 19.0 Å². The molecule has 1 aromatic heterocycles. The van der Waals surface area contributed by atoms with Crippen molar-refractivity contribution < 1.29 is 0 Å². The number of nitrogen functional groups attached to an aromatic ring is 1. The minimum Gasteiger partial charge on any atom is -0.382 e. The van der Waals surface area contributed by atoms with Gasteiger partial charge in [0.25, 0.3) is 0 Å². The number of hydrogen-bond donors (Lipinski definition) is 1. The Hall–Kier alpha value is -0.130. The molecule has 0 saturated carbocycles. The lowest BCUT2D eigenvalue weighted by Gasteiger charge is -1.94. The van der Waals surface area contributed by atoms with Crippen molar-refractivity contribution in [3.05, 3.63) is 21.1 Å². The van der Waals surface area contributed by atoms with Crippen LogP contribution in [0.1, 0.15) is 0 Å². The maximum absolute atomic E-state index is 5.67. The zero-order valence-electron chi connectivity index (χ0n) is 5.84. The first-order valence-electron chi connectivity index (χ1n) is 3.18. The molecule has 0 aliphatic heterocycles. The third-order valence-electron chi connectivity index (χ3n) is 1.52. The quantitative estimate of drug-likeness (QED) is 0.810. The summed E-state index contributed by atoms with van der Waals surface area (Å²) < 4.78 is 7.20. The van der Waals surface area contributed by atoms with Crippen LogP contribution in [0.25, 0.3) is 10.1 Å². The summed E-state index contributed by atoms with van der Waals surface area (Å²) in [5.74, 6) is 0.594. The van der Waals surface area contributed by atoms with Gasteiger partial charge in [-0.3, -0.25) is 0 Å². The molecule has 0 aliphatic carbocycles. The molecule has 0 saturated heterocycles. The summed E-state index contributed by atoms with van der Waals surface area (Å²) in [5.41, 5.74) is 5.67. The smallest absolute Gasteiger partial charge is 0.145 e. The predicted octanol–water partition coefficient (Wildman–Crippen LogP) is 3.40. The fourth-order valence-electron chi connectivity index (χ4n) is 0.987. The Bertz CT molecular complexity index is 438. The highest BCUT2D eigenvalue weighted by molar-refractivity contribution is 9.11. The van der Waals surface area contributed by atoms with E-state index in [1.165, 1.54) is 11.5 Å². The molecule has 2 nitrogen and oxygen atoms in total. The topological polar surface area (TPSA) is 38.9 Å². The van der Waals surface area contributed by atoms with Gasteiger partial charge < -0.3 is 5.73 Å². The summed E-state index contributed by atoms with van der Waals surface area (Å²) in [7, 11) is 0. The molecule has 5 heteroatoms. The monoisotopic (exact) mass is 306 g/mol. The second-order valence-electron chi connectivity index (χ2n) is 2.33. The van der Waals surface area contributed by atoms with Crippen molar-refractivity contribution in [2.45, 2.75) is 0 Å². The number of fused-ring (bicyclic) bond motifs is 1. The number of nitrogens with zero attached hydrogens (tertiary/aromatic N) is 1. The van der Waals surface area contributed by atoms with Crippen molar-refractivity contribution in [1.29, 1.82) is 0 Å². The molecule has 12 heavy (non-hydrogen) atoms. The predicted molar refractivity (Wildman–Crippen MR) is 59.4 cm³/mol. The van der Waals surface area contributed by atoms with E-state index in [-0.39, 0.29) is 0 Å². The molecule has 0 bridgehead atoms. The molecular formula is C7H4Br2N2S. The van der Waals surface area contributed by atoms with Crippen molar-refractivity contribution in [3.63, 3.8) is 0 Å². The van der Waals surface area contributed by atoms with Gasteiger partial charge in [-0.1, -0.05) is 15.9 Å². The number of rotatable bonds is 0. The minimum atomic E-state index is 0.594. The molecule has 1 heterocycles. The Morgan fingerprint density at radius 2 is 2.08 bits per heavy atom. The van der Waals surface area contributed by atoms with E-state index in [1.807, 2.05) is 12.1 Å². The van der Waals surface area contributed by atoms with Crippen LogP contribution in [0.3, 0.4) is 0 Å². The number of nitrogens with two attached hydrogens (primary N) is 1. The van der Waals surface area contributed by atoms with Gasteiger partial charge in [-0.2, -0.15) is 4.37 Å². The fraction of sp³-hybridized carbons (Fsp3) is 0. The highest BCUT2D eigenvalue weighted by Gasteiger charge is 2.06. The van der Waals surface area contributed by atoms with E-state index >= 15 is 0 Å². The van der Waals surface area contributed by atoms with E-state index in [9.17, 15) is 0 Å². The average molecular weight is 308 g/mol. The van der Waals surface area contributed by atoms with Gasteiger partial charge in [0, 0.05) is 14.3 Å². The number of benzene rings is 1. The molecular weight excluding hydrogens is 304 g/mol. The number of halogens is 2. The van der Waals surface area contributed by atoms with Crippen LogP contribution in [0, 0.1) is 0 Å². The molecule has 2 N–H and O–H groups in total. The molecule has 2 rings (SSSR count). The number of aromatic nitrogens is 1. The normalized spacial score (nSPS) is 10.8. The van der Waals surface area contributed by atoms with Crippen molar-refractivity contribution in [3.8, 4) is 0 Å². The Balaban J connectivity index is 2.92. The van der Waals surface area contributed by atoms with Gasteiger partial charge in [0.1, 0.15) is 5.82 Å². The molecule has 0 radical (unpaired) electrons. The van der Waals surface area contributed by atoms with Gasteiger partial charge in [-0.25, -0.2) is 0 Å². The summed E-state index contributed by atoms with van der Waals surface area (Å²) in [4.78, 5) is 0. The molecule has 1 aromatic carbocycles. The summed E-state index contributed by atoms with van der Waals surface area (Å²) in [6.45, 7) is 0. The SMILES string of the molecule is Nc1nsc2c(Br)cc(Br)cc12. The van der Waals surface area contributed by atoms with Crippen molar-refractivity contribution in [2.75, 3.05) is 5.73 Å². The van der Waals surface area contributed by atoms with Crippen molar-refractivity contribution in [2.24, 2.45) is 0 Å². The molecule has 0 unspecified atom stereocenters. The van der Waals surface area contributed by atoms with Gasteiger partial charge in [-0.05, 0) is 39.6 Å². The largest absolute Gasteiger partial charge is 0.382 e. The Morgan fingerprint density at radius 1 is 1.33 bits per heavy atom. The summed E-state index contributed by atoms with van der Waals surface area (Å²) in [5, 5.41) is 1.00. The van der Waals surface area contributed by atoms with Crippen LogP contribution < -0.4 is 5.73 Å². The maximum atomic E-state index is 5.67. The van der Waals surface area contributed by atoms with Crippen LogP contribution in [-0.4, -0.2) is 4.37 Å². The third-order valence-corrected chi connectivity index (χ3v) is 3.78. The van der Waals surface area contributed by atoms with Crippen LogP contribution in [0.15, 0.2) is 21.1 Å². The third kappa shape index (κ3) is 1.26. The lowest BCUT2D eigenvalue weighted by molar-refractivity contribution is 1.58. The van der Waals surface area contributed by atoms with Gasteiger partial charge in [0.15, 0.2) is 0 Å². The lowest BCUT2D eigenvalue weighted by atomic mass is 10.3. The summed E-state index contributed by atoms with van der Waals surface area (Å²) in [6, 6.07) is 3.96. The molecule has 0 atom stereocenters. The van der Waals surface area contributed by atoms with E-state index in [1.54, 1.807) is 0 Å². The second-order valence-corrected chi connectivity index (χ2v) is 4.88. The molecule has 0 spiro atoms. The first kappa shape index (κ1) is 8.47. The summed E-state index contributed by atoms with van der Waals surface area (Å²) >= 11 is 8.25. The Labute approximate surface area is 90.2 Å². The van der Waals surface area contributed by atoms with E-state index in [4.69, 9.17) is 5.73 Å². The van der Waals surface area contributed by atoms with Gasteiger partial charge in [0.05, 0.1) is 4.70 Å². The molecule has 0 fully saturated rings. The maximum Gasteiger partial charge on any atom is 0.145 e. The standard InChI is InChI=1S/C7H4Br2N2S/c8-3-1-4-6(5(9)2-3)12-11-7(4)10/h1-2H,(H2,10,11). The van der Waals surface area contributed by atoms with E-state index in [0.29, 0.717) is 5.82 Å². The van der Waals surface area contributed by atoms with E-state index in [2.05, 4.69) is 36.2 Å². The van der Waals surface area contributed by atoms with Crippen molar-refractivity contribution >= 4 is 59.3 Å². The van der Waals surface area contributed by atoms with Crippen LogP contribution in [0.5, 0.6) is 0 Å². The molecule has 0 amide bonds. The molecule has 62 valence electrons. The first-order chi connectivity index (χ1) is 5.68. The Kier molecular flexibility index (Phi) is 2.10. The van der Waals surface area contributed by atoms with Crippen molar-refractivity contribution in [1.82, 2.24) is 4.37 Å². The number of hydrogen-bond acceptors (Lipinski definition) is 3. The number of anilines is 1. The highest BCUT2D eigenvalue weighted by Crippen LogP contribution is 2.34. The first-order valence-corrected chi connectivity index (χ1v) is 5.54. The lowest BCUT2D eigenvalue weighted by Crippen LogP contribution is -1.82. The van der Waals surface area contributed by atoms with E-state index < -0.39 is 0 Å². The fourth-order valence-corrected chi connectivity index (χ4v) is 3.13. The summed E-state index contributed by atoms with van der Waals surface area (Å²) in [6.07, 6.45) is 0. The molecule has 0 aliphatic rings. The minimum absolute atomic E-state index is 0.594. The van der Waals surface area contributed by atoms with Crippen LogP contribution in [0.2, 0.25) is 0 Å². The van der Waals surface area contributed by atoms with Gasteiger partial charge in [0.2, 0.25) is 0 Å². The van der Waals surface area contributed by atoms with Gasteiger partial charge >= 0.3 is 0 Å². The van der Waals surface area contributed by atoms with Crippen LogP contribution in [-0.2, 0) is 0 Å². The molecule has 2 aromatic rings. The second kappa shape index (κ2) is 2.97. The van der Waals surface area contributed by atoms with Crippen LogP contribution >= 0.6 is 43.4 Å². The zero-order valence-corrected chi connectivity index (χ0v) is 9.83.